The van der Waals surface area contributed by atoms with Crippen molar-refractivity contribution >= 4 is 5.97 Å². The number of carbonyl (C=O) groups is 1. The molecule has 3 aromatic rings. The summed E-state index contributed by atoms with van der Waals surface area (Å²) in [5, 5.41) is 0. The first-order valence-corrected chi connectivity index (χ1v) is 11.6. The van der Waals surface area contributed by atoms with E-state index in [4.69, 9.17) is 28.4 Å². The normalized spacial score (nSPS) is 18.7. The number of methoxy groups -OCH3 is 3. The minimum atomic E-state index is -1.13. The maximum atomic E-state index is 13.9. The Kier molecular flexibility index (Phi) is 8.44. The van der Waals surface area contributed by atoms with Gasteiger partial charge in [0.05, 0.1) is 45.8 Å². The Labute approximate surface area is 216 Å². The van der Waals surface area contributed by atoms with Crippen molar-refractivity contribution in [2.45, 2.75) is 31.5 Å². The van der Waals surface area contributed by atoms with Gasteiger partial charge in [-0.3, -0.25) is 14.3 Å². The van der Waals surface area contributed by atoms with Crippen molar-refractivity contribution in [1.29, 1.82) is 0 Å². The molecule has 0 amide bonds. The van der Waals surface area contributed by atoms with E-state index >= 15 is 0 Å². The molecule has 0 bridgehead atoms. The van der Waals surface area contributed by atoms with Crippen molar-refractivity contribution in [3.05, 3.63) is 86.4 Å². The van der Waals surface area contributed by atoms with Crippen molar-refractivity contribution in [1.82, 2.24) is 9.55 Å². The molecule has 4 rings (SSSR count). The Bertz CT molecular complexity index is 1360. The number of rotatable bonds is 10. The summed E-state index contributed by atoms with van der Waals surface area (Å²) in [4.78, 5) is 38.5. The van der Waals surface area contributed by atoms with Gasteiger partial charge >= 0.3 is 11.7 Å². The van der Waals surface area contributed by atoms with Crippen molar-refractivity contribution in [3.8, 4) is 17.2 Å². The van der Waals surface area contributed by atoms with Crippen LogP contribution in [-0.4, -0.2) is 55.7 Å². The number of nitrogens with zero attached hydrogens (tertiary/aromatic N) is 1. The number of carbonyl (C=O) groups excluding carboxylic acids is 1. The number of ether oxygens (including phenoxy) is 6. The summed E-state index contributed by atoms with van der Waals surface area (Å²) in [6, 6.07) is 12.3. The quantitative estimate of drug-likeness (QED) is 0.393. The second-order valence-corrected chi connectivity index (χ2v) is 8.36. The topological polar surface area (TPSA) is 127 Å². The van der Waals surface area contributed by atoms with E-state index in [1.165, 1.54) is 33.5 Å². The smallest absolute Gasteiger partial charge is 0.338 e. The molecule has 1 saturated heterocycles. The van der Waals surface area contributed by atoms with Crippen LogP contribution in [0.15, 0.2) is 58.3 Å². The second-order valence-electron chi connectivity index (χ2n) is 8.36. The zero-order valence-corrected chi connectivity index (χ0v) is 21.0. The molecule has 1 aromatic heterocycles. The lowest BCUT2D eigenvalue weighted by molar-refractivity contribution is -0.0709. The summed E-state index contributed by atoms with van der Waals surface area (Å²) in [6.07, 6.45) is -1.44. The maximum Gasteiger partial charge on any atom is 0.338 e. The molecule has 1 unspecified atom stereocenters. The molecule has 0 aliphatic carbocycles. The molecule has 11 nitrogen and oxygen atoms in total. The summed E-state index contributed by atoms with van der Waals surface area (Å²) >= 11 is 0. The summed E-state index contributed by atoms with van der Waals surface area (Å²) < 4.78 is 48.2. The monoisotopic (exact) mass is 530 g/mol. The average molecular weight is 531 g/mol. The van der Waals surface area contributed by atoms with Gasteiger partial charge in [0.15, 0.2) is 11.5 Å². The van der Waals surface area contributed by atoms with E-state index in [-0.39, 0.29) is 36.7 Å². The number of H-pyrrole nitrogens is 1. The van der Waals surface area contributed by atoms with Crippen LogP contribution in [0.1, 0.15) is 28.6 Å². The maximum absolute atomic E-state index is 13.9. The Morgan fingerprint density at radius 2 is 1.76 bits per heavy atom. The molecule has 1 N–H and O–H groups in total. The van der Waals surface area contributed by atoms with Gasteiger partial charge in [-0.15, -0.1) is 0 Å². The minimum absolute atomic E-state index is 0.143. The number of benzene rings is 2. The molecule has 2 aromatic carbocycles. The molecule has 12 heteroatoms. The molecule has 3 atom stereocenters. The molecule has 2 heterocycles. The third kappa shape index (κ3) is 5.87. The van der Waals surface area contributed by atoms with Gasteiger partial charge in [-0.05, 0) is 17.7 Å². The van der Waals surface area contributed by atoms with Crippen molar-refractivity contribution < 1.29 is 37.6 Å². The fraction of sp³-hybridized carbons (Fsp3) is 0.346. The van der Waals surface area contributed by atoms with Crippen LogP contribution < -0.4 is 25.5 Å². The van der Waals surface area contributed by atoms with Gasteiger partial charge in [0.2, 0.25) is 11.6 Å². The van der Waals surface area contributed by atoms with E-state index in [1.54, 1.807) is 0 Å². The molecular formula is C26H27FN2O9. The fourth-order valence-corrected chi connectivity index (χ4v) is 4.09. The SMILES string of the molecule is COc1cc(C(=O)OC[C@@H]2O[C@H](n3cc(F)c(=O)[nH]c3=O)CC2OCc2ccccc2)cc(OC)c1OC. The van der Waals surface area contributed by atoms with E-state index in [2.05, 4.69) is 0 Å². The third-order valence-corrected chi connectivity index (χ3v) is 6.00. The Balaban J connectivity index is 1.52. The molecule has 0 spiro atoms. The zero-order valence-electron chi connectivity index (χ0n) is 21.0. The van der Waals surface area contributed by atoms with E-state index in [0.717, 1.165) is 16.3 Å². The van der Waals surface area contributed by atoms with Crippen LogP contribution in [-0.2, 0) is 20.8 Å². The third-order valence-electron chi connectivity index (χ3n) is 6.00. The second kappa shape index (κ2) is 11.9. The van der Waals surface area contributed by atoms with Crippen LogP contribution >= 0.6 is 0 Å². The molecule has 1 fully saturated rings. The van der Waals surface area contributed by atoms with Crippen molar-refractivity contribution in [3.63, 3.8) is 0 Å². The Morgan fingerprint density at radius 3 is 2.39 bits per heavy atom. The minimum Gasteiger partial charge on any atom is -0.493 e. The highest BCUT2D eigenvalue weighted by Crippen LogP contribution is 2.38. The molecule has 38 heavy (non-hydrogen) atoms. The van der Waals surface area contributed by atoms with E-state index in [0.29, 0.717) is 5.75 Å². The zero-order chi connectivity index (χ0) is 27.2. The van der Waals surface area contributed by atoms with E-state index in [9.17, 15) is 18.8 Å². The number of hydrogen-bond donors (Lipinski definition) is 1. The standard InChI is InChI=1S/C26H27FN2O9/c1-33-19-9-16(10-20(34-2)23(19)35-3)25(31)37-14-21-18(36-13-15-7-5-4-6-8-15)11-22(38-21)29-12-17(27)24(30)28-26(29)32/h4-10,12,18,21-22H,11,13-14H2,1-3H3,(H,28,30,32)/t18?,21-,22-/m0/s1. The molecule has 0 radical (unpaired) electrons. The summed E-state index contributed by atoms with van der Waals surface area (Å²) in [6.45, 7) is -0.000169. The van der Waals surface area contributed by atoms with Crippen LogP contribution in [0, 0.1) is 5.82 Å². The van der Waals surface area contributed by atoms with Crippen LogP contribution in [0.3, 0.4) is 0 Å². The molecule has 202 valence electrons. The lowest BCUT2D eigenvalue weighted by Crippen LogP contribution is -2.34. The van der Waals surface area contributed by atoms with E-state index in [1.807, 2.05) is 35.3 Å². The van der Waals surface area contributed by atoms with Gasteiger partial charge in [-0.25, -0.2) is 9.59 Å². The molecular weight excluding hydrogens is 503 g/mol. The highest BCUT2D eigenvalue weighted by Gasteiger charge is 2.39. The first-order chi connectivity index (χ1) is 18.3. The number of halogens is 1. The van der Waals surface area contributed by atoms with Gasteiger partial charge in [-0.2, -0.15) is 4.39 Å². The first-order valence-electron chi connectivity index (χ1n) is 11.6. The number of esters is 1. The lowest BCUT2D eigenvalue weighted by atomic mass is 10.1. The molecule has 1 aliphatic rings. The van der Waals surface area contributed by atoms with Crippen molar-refractivity contribution in [2.75, 3.05) is 27.9 Å². The van der Waals surface area contributed by atoms with Gasteiger partial charge in [0, 0.05) is 6.42 Å². The fourth-order valence-electron chi connectivity index (χ4n) is 4.09. The number of aromatic nitrogens is 2. The predicted octanol–water partition coefficient (Wildman–Crippen LogP) is 2.43. The highest BCUT2D eigenvalue weighted by atomic mass is 19.1. The van der Waals surface area contributed by atoms with Gasteiger partial charge in [0.25, 0.3) is 5.56 Å². The Hall–Kier alpha value is -4.16. The van der Waals surface area contributed by atoms with Crippen LogP contribution in [0.5, 0.6) is 17.2 Å². The van der Waals surface area contributed by atoms with Crippen LogP contribution in [0.2, 0.25) is 0 Å². The molecule has 0 saturated carbocycles. The summed E-state index contributed by atoms with van der Waals surface area (Å²) in [5.41, 5.74) is -0.915. The van der Waals surface area contributed by atoms with Crippen LogP contribution in [0.25, 0.3) is 0 Å². The van der Waals surface area contributed by atoms with Crippen molar-refractivity contribution in [2.24, 2.45) is 0 Å². The number of nitrogens with one attached hydrogen (secondary N) is 1. The lowest BCUT2D eigenvalue weighted by Gasteiger charge is -2.19. The molecule has 1 aliphatic heterocycles. The summed E-state index contributed by atoms with van der Waals surface area (Å²) in [5.74, 6) is -0.946. The van der Waals surface area contributed by atoms with Gasteiger partial charge in [-0.1, -0.05) is 30.3 Å². The van der Waals surface area contributed by atoms with Crippen LogP contribution in [0.4, 0.5) is 4.39 Å². The highest BCUT2D eigenvalue weighted by molar-refractivity contribution is 5.91. The predicted molar refractivity (Wildman–Crippen MR) is 131 cm³/mol. The first kappa shape index (κ1) is 26.9. The van der Waals surface area contributed by atoms with E-state index < -0.39 is 41.5 Å². The largest absolute Gasteiger partial charge is 0.493 e. The Morgan fingerprint density at radius 1 is 1.08 bits per heavy atom. The number of aromatic amines is 1. The van der Waals surface area contributed by atoms with Gasteiger partial charge < -0.3 is 28.4 Å². The summed E-state index contributed by atoms with van der Waals surface area (Å²) in [7, 11) is 4.30. The average Bonchev–Trinajstić information content (AvgIpc) is 3.34. The number of hydrogen-bond acceptors (Lipinski definition) is 9. The van der Waals surface area contributed by atoms with Gasteiger partial charge in [0.1, 0.15) is 18.9 Å².